The summed E-state index contributed by atoms with van der Waals surface area (Å²) in [5, 5.41) is 1.23. The van der Waals surface area contributed by atoms with Crippen molar-refractivity contribution in [2.75, 3.05) is 4.90 Å². The predicted molar refractivity (Wildman–Crippen MR) is 285 cm³/mol. The van der Waals surface area contributed by atoms with E-state index in [4.69, 9.17) is 0 Å². The number of nitrogens with zero attached hydrogens (tertiary/aromatic N) is 2. The molecule has 0 aliphatic heterocycles. The van der Waals surface area contributed by atoms with Crippen molar-refractivity contribution in [2.24, 2.45) is 5.92 Å². The zero-order chi connectivity index (χ0) is 45.0. The first-order valence-electron chi connectivity index (χ1n) is 22.9. The Morgan fingerprint density at radius 1 is 0.576 bits per heavy atom. The Morgan fingerprint density at radius 3 is 1.64 bits per heavy atom. The Kier molecular flexibility index (Phi) is 11.7. The van der Waals surface area contributed by atoms with E-state index in [-0.39, 0.29) is 0 Å². The standard InChI is InChI=1S/C64H52N2/c1-5-48-19-23-56(24-20-48)57-35-43-64-62(44-57)47(4)63(66(64)58-14-10-7-11-15-58)42-18-46(3)49-25-27-52(28-26-49)55-33-40-61(41-34-55)65(59-36-29-53(30-37-59)50-12-8-6-9-13-50)60-38-31-54(32-39-60)51-21-16-45(2)17-22-51/h5-16,18-45H,1,3,17H2,2,4H3/b42-18-. The number of hydrogen-bond donors (Lipinski definition) is 0. The van der Waals surface area contributed by atoms with Gasteiger partial charge in [-0.3, -0.25) is 0 Å². The van der Waals surface area contributed by atoms with Gasteiger partial charge in [0, 0.05) is 33.8 Å². The van der Waals surface area contributed by atoms with Crippen LogP contribution in [0.4, 0.5) is 17.1 Å². The lowest BCUT2D eigenvalue weighted by Gasteiger charge is -2.26. The lowest BCUT2D eigenvalue weighted by molar-refractivity contribution is 0.739. The summed E-state index contributed by atoms with van der Waals surface area (Å²) in [6, 6.07) is 72.1. The molecule has 9 aromatic rings. The van der Waals surface area contributed by atoms with E-state index >= 15 is 0 Å². The number of anilines is 3. The molecule has 10 rings (SSSR count). The monoisotopic (exact) mass is 848 g/mol. The normalized spacial score (nSPS) is 13.5. The molecule has 0 fully saturated rings. The fraction of sp³-hybridized carbons (Fsp3) is 0.0625. The molecule has 2 nitrogen and oxygen atoms in total. The highest BCUT2D eigenvalue weighted by molar-refractivity contribution is 5.94. The van der Waals surface area contributed by atoms with Gasteiger partial charge in [0.15, 0.2) is 0 Å². The SMILES string of the molecule is C=Cc1ccc(-c2ccc3c(c2)c(C)c(/C=C\C(=C)c2ccc(-c4ccc(N(c5ccc(C6=CCC(C)C=C6)cc5)c5ccc(-c6ccccc6)cc5)cc4)cc2)n3-c2ccccc2)cc1. The predicted octanol–water partition coefficient (Wildman–Crippen LogP) is 17.8. The van der Waals surface area contributed by atoms with E-state index in [1.807, 2.05) is 6.08 Å². The van der Waals surface area contributed by atoms with E-state index in [2.05, 4.69) is 267 Å². The Labute approximate surface area is 389 Å². The van der Waals surface area contributed by atoms with E-state index in [1.165, 1.54) is 49.9 Å². The van der Waals surface area contributed by atoms with Crippen LogP contribution in [-0.2, 0) is 0 Å². The Balaban J connectivity index is 0.911. The van der Waals surface area contributed by atoms with Crippen LogP contribution >= 0.6 is 0 Å². The van der Waals surface area contributed by atoms with E-state index < -0.39 is 0 Å². The zero-order valence-corrected chi connectivity index (χ0v) is 37.6. The maximum absolute atomic E-state index is 4.53. The quantitative estimate of drug-likeness (QED) is 0.111. The number of aryl methyl sites for hydroxylation is 1. The van der Waals surface area contributed by atoms with Crippen molar-refractivity contribution < 1.29 is 0 Å². The summed E-state index contributed by atoms with van der Waals surface area (Å²) in [4.78, 5) is 2.34. The molecule has 0 bridgehead atoms. The first-order chi connectivity index (χ1) is 32.4. The highest BCUT2D eigenvalue weighted by atomic mass is 15.1. The number of para-hydroxylation sites is 1. The molecule has 1 aliphatic carbocycles. The molecular formula is C64H52N2. The van der Waals surface area contributed by atoms with Gasteiger partial charge in [0.05, 0.1) is 5.52 Å². The highest BCUT2D eigenvalue weighted by Gasteiger charge is 2.17. The van der Waals surface area contributed by atoms with Crippen molar-refractivity contribution in [3.8, 4) is 39.1 Å². The maximum atomic E-state index is 4.53. The topological polar surface area (TPSA) is 8.17 Å². The van der Waals surface area contributed by atoms with E-state index in [0.717, 1.165) is 62.7 Å². The summed E-state index contributed by atoms with van der Waals surface area (Å²) in [7, 11) is 0. The van der Waals surface area contributed by atoms with Gasteiger partial charge in [-0.05, 0) is 153 Å². The first kappa shape index (κ1) is 41.8. The molecule has 1 heterocycles. The minimum atomic E-state index is 0.587. The summed E-state index contributed by atoms with van der Waals surface area (Å²) in [5.41, 5.74) is 20.8. The Hall–Kier alpha value is -8.20. The van der Waals surface area contributed by atoms with E-state index in [9.17, 15) is 0 Å². The van der Waals surface area contributed by atoms with Gasteiger partial charge in [-0.2, -0.15) is 0 Å². The third-order valence-electron chi connectivity index (χ3n) is 12.9. The molecule has 1 aliphatic rings. The van der Waals surface area contributed by atoms with Crippen LogP contribution in [-0.4, -0.2) is 4.57 Å². The minimum Gasteiger partial charge on any atom is -0.311 e. The van der Waals surface area contributed by atoms with Gasteiger partial charge in [0.1, 0.15) is 0 Å². The van der Waals surface area contributed by atoms with Crippen molar-refractivity contribution in [1.82, 2.24) is 4.57 Å². The molecule has 66 heavy (non-hydrogen) atoms. The number of hydrogen-bond acceptors (Lipinski definition) is 1. The summed E-state index contributed by atoms with van der Waals surface area (Å²) in [6.45, 7) is 12.9. The van der Waals surface area contributed by atoms with Crippen LogP contribution in [0, 0.1) is 12.8 Å². The van der Waals surface area contributed by atoms with Crippen LogP contribution < -0.4 is 4.90 Å². The van der Waals surface area contributed by atoms with Crippen LogP contribution in [0.2, 0.25) is 0 Å². The van der Waals surface area contributed by atoms with Crippen LogP contribution in [0.15, 0.2) is 238 Å². The molecule has 0 radical (unpaired) electrons. The molecule has 2 heteroatoms. The second-order valence-corrected chi connectivity index (χ2v) is 17.2. The van der Waals surface area contributed by atoms with Crippen LogP contribution in [0.5, 0.6) is 0 Å². The summed E-state index contributed by atoms with van der Waals surface area (Å²) in [5.74, 6) is 0.587. The molecule has 1 atom stereocenters. The molecule has 1 aromatic heterocycles. The fourth-order valence-electron chi connectivity index (χ4n) is 9.09. The Bertz CT molecular complexity index is 3250. The number of aromatic nitrogens is 1. The van der Waals surface area contributed by atoms with Gasteiger partial charge in [-0.1, -0.05) is 190 Å². The van der Waals surface area contributed by atoms with E-state index in [1.54, 1.807) is 0 Å². The van der Waals surface area contributed by atoms with Crippen molar-refractivity contribution >= 4 is 51.3 Å². The van der Waals surface area contributed by atoms with Gasteiger partial charge >= 0.3 is 0 Å². The average molecular weight is 849 g/mol. The summed E-state index contributed by atoms with van der Waals surface area (Å²) >= 11 is 0. The summed E-state index contributed by atoms with van der Waals surface area (Å²) in [6.07, 6.45) is 14.2. The molecule has 318 valence electrons. The van der Waals surface area contributed by atoms with Crippen LogP contribution in [0.3, 0.4) is 0 Å². The number of benzene rings is 8. The first-order valence-corrected chi connectivity index (χ1v) is 22.9. The minimum absolute atomic E-state index is 0.587. The van der Waals surface area contributed by atoms with Gasteiger partial charge < -0.3 is 9.47 Å². The second kappa shape index (κ2) is 18.5. The largest absolute Gasteiger partial charge is 0.311 e. The van der Waals surface area contributed by atoms with Crippen molar-refractivity contribution in [1.29, 1.82) is 0 Å². The second-order valence-electron chi connectivity index (χ2n) is 17.2. The van der Waals surface area contributed by atoms with Crippen molar-refractivity contribution in [3.63, 3.8) is 0 Å². The number of allylic oxidation sites excluding steroid dienone is 6. The van der Waals surface area contributed by atoms with Crippen molar-refractivity contribution in [3.05, 3.63) is 266 Å². The Morgan fingerprint density at radius 2 is 1.08 bits per heavy atom. The lowest BCUT2D eigenvalue weighted by atomic mass is 9.94. The molecular weight excluding hydrogens is 797 g/mol. The lowest BCUT2D eigenvalue weighted by Crippen LogP contribution is -2.10. The van der Waals surface area contributed by atoms with E-state index in [0.29, 0.717) is 5.92 Å². The number of rotatable bonds is 12. The van der Waals surface area contributed by atoms with Gasteiger partial charge in [0.25, 0.3) is 0 Å². The molecule has 0 amide bonds. The van der Waals surface area contributed by atoms with Crippen LogP contribution in [0.25, 0.3) is 73.3 Å². The molecule has 0 spiro atoms. The molecule has 8 aromatic carbocycles. The zero-order valence-electron chi connectivity index (χ0n) is 37.6. The molecule has 1 unspecified atom stereocenters. The fourth-order valence-corrected chi connectivity index (χ4v) is 9.09. The van der Waals surface area contributed by atoms with Crippen LogP contribution in [0.1, 0.15) is 41.3 Å². The van der Waals surface area contributed by atoms with Gasteiger partial charge in [-0.25, -0.2) is 0 Å². The van der Waals surface area contributed by atoms with Crippen molar-refractivity contribution in [2.45, 2.75) is 20.3 Å². The maximum Gasteiger partial charge on any atom is 0.0537 e. The average Bonchev–Trinajstić information content (AvgIpc) is 3.67. The third kappa shape index (κ3) is 8.57. The molecule has 0 saturated heterocycles. The number of fused-ring (bicyclic) bond motifs is 1. The molecule has 0 saturated carbocycles. The van der Waals surface area contributed by atoms with Gasteiger partial charge in [-0.15, -0.1) is 0 Å². The van der Waals surface area contributed by atoms with Gasteiger partial charge in [0.2, 0.25) is 0 Å². The summed E-state index contributed by atoms with van der Waals surface area (Å²) < 4.78 is 2.36. The smallest absolute Gasteiger partial charge is 0.0537 e. The third-order valence-corrected chi connectivity index (χ3v) is 12.9. The molecule has 0 N–H and O–H groups in total. The highest BCUT2D eigenvalue weighted by Crippen LogP contribution is 2.39.